The van der Waals surface area contributed by atoms with Crippen molar-refractivity contribution in [3.05, 3.63) is 35.4 Å². The van der Waals surface area contributed by atoms with Crippen LogP contribution in [0.3, 0.4) is 0 Å². The monoisotopic (exact) mass is 254 g/mol. The Hall–Kier alpha value is -1.78. The Bertz CT molecular complexity index is 674. The van der Waals surface area contributed by atoms with Crippen LogP contribution in [-0.2, 0) is 0 Å². The van der Waals surface area contributed by atoms with Crippen molar-refractivity contribution in [2.24, 2.45) is 10.2 Å². The Labute approximate surface area is 109 Å². The number of azo groups is 1. The predicted octanol–water partition coefficient (Wildman–Crippen LogP) is 2.86. The summed E-state index contributed by atoms with van der Waals surface area (Å²) in [4.78, 5) is 4.18. The summed E-state index contributed by atoms with van der Waals surface area (Å²) < 4.78 is 5.63. The van der Waals surface area contributed by atoms with Crippen LogP contribution < -0.4 is 0 Å². The van der Waals surface area contributed by atoms with Gasteiger partial charge in [0.15, 0.2) is 0 Å². The van der Waals surface area contributed by atoms with E-state index in [4.69, 9.17) is 4.63 Å². The molecule has 3 heterocycles. The number of hydrogen-bond acceptors (Lipinski definition) is 3. The fraction of sp³-hybridized carbons (Fsp3) is 0.571. The van der Waals surface area contributed by atoms with E-state index in [1.165, 1.54) is 11.1 Å². The summed E-state index contributed by atoms with van der Waals surface area (Å²) in [7, 11) is 0. The molecule has 6 atom stereocenters. The van der Waals surface area contributed by atoms with Gasteiger partial charge in [0, 0.05) is 11.8 Å². The summed E-state index contributed by atoms with van der Waals surface area (Å²) in [5.74, 6) is 1.08. The summed E-state index contributed by atoms with van der Waals surface area (Å²) in [6, 6.07) is 10.6. The molecule has 19 heavy (non-hydrogen) atoms. The van der Waals surface area contributed by atoms with Crippen molar-refractivity contribution in [1.82, 2.24) is 9.71 Å². The maximum absolute atomic E-state index is 5.63. The Morgan fingerprint density at radius 3 is 2.11 bits per heavy atom. The van der Waals surface area contributed by atoms with E-state index in [1.54, 1.807) is 0 Å². The highest BCUT2D eigenvalue weighted by atomic mass is 16.8. The van der Waals surface area contributed by atoms with Gasteiger partial charge in [-0.25, -0.2) is 0 Å². The quantitative estimate of drug-likeness (QED) is 0.713. The average molecular weight is 254 g/mol. The number of nitrogens with zero attached hydrogens (tertiary/aromatic N) is 4. The van der Waals surface area contributed by atoms with E-state index in [1.807, 2.05) is 0 Å². The zero-order chi connectivity index (χ0) is 12.1. The van der Waals surface area contributed by atoms with E-state index in [0.717, 1.165) is 12.8 Å². The Balaban J connectivity index is 1.70. The fourth-order valence-electron chi connectivity index (χ4n) is 4.89. The van der Waals surface area contributed by atoms with Gasteiger partial charge in [-0.2, -0.15) is 10.2 Å². The molecular weight excluding hydrogens is 240 g/mol. The Kier molecular flexibility index (Phi) is 1.31. The van der Waals surface area contributed by atoms with E-state index in [0.29, 0.717) is 36.0 Å². The maximum atomic E-state index is 5.63. The van der Waals surface area contributed by atoms with Crippen LogP contribution in [-0.4, -0.2) is 21.8 Å². The number of aromatic nitrogens is 2. The largest absolute Gasteiger partial charge is 0.254 e. The molecule has 0 spiro atoms. The SMILES string of the molecule is c1ccc2c(c1)C1[C@@H]3C[C@@H]4C2[C@H](C[C@H]1N=N3)n1on14. The first-order chi connectivity index (χ1) is 9.42. The van der Waals surface area contributed by atoms with Gasteiger partial charge in [-0.3, -0.25) is 4.63 Å². The third kappa shape index (κ3) is 0.904. The van der Waals surface area contributed by atoms with Gasteiger partial charge in [0.2, 0.25) is 0 Å². The van der Waals surface area contributed by atoms with Crippen LogP contribution in [0, 0.1) is 0 Å². The van der Waals surface area contributed by atoms with Gasteiger partial charge in [-0.1, -0.05) is 34.0 Å². The van der Waals surface area contributed by atoms with E-state index in [9.17, 15) is 0 Å². The number of fused-ring (bicyclic) bond motifs is 3. The number of hydrogen-bond donors (Lipinski definition) is 0. The molecule has 6 rings (SSSR count). The zero-order valence-electron chi connectivity index (χ0n) is 10.4. The summed E-state index contributed by atoms with van der Waals surface area (Å²) in [5.41, 5.74) is 3.02. The third-order valence-corrected chi connectivity index (χ3v) is 5.61. The minimum atomic E-state index is 0.353. The second kappa shape index (κ2) is 2.71. The smallest absolute Gasteiger partial charge is 0.101 e. The summed E-state index contributed by atoms with van der Waals surface area (Å²) >= 11 is 0. The minimum Gasteiger partial charge on any atom is -0.254 e. The maximum Gasteiger partial charge on any atom is 0.101 e. The van der Waals surface area contributed by atoms with E-state index in [2.05, 4.69) is 44.2 Å². The van der Waals surface area contributed by atoms with Crippen molar-refractivity contribution < 1.29 is 4.63 Å². The normalized spacial score (nSPS) is 44.2. The van der Waals surface area contributed by atoms with Crippen molar-refractivity contribution in [2.75, 3.05) is 0 Å². The average Bonchev–Trinajstić information content (AvgIpc) is 3.09. The van der Waals surface area contributed by atoms with Gasteiger partial charge in [-0.15, -0.1) is 0 Å². The molecule has 1 aromatic carbocycles. The molecule has 0 fully saturated rings. The minimum absolute atomic E-state index is 0.353. The Morgan fingerprint density at radius 2 is 1.47 bits per heavy atom. The summed E-state index contributed by atoms with van der Waals surface area (Å²) in [6.45, 7) is 0. The molecule has 0 N–H and O–H groups in total. The third-order valence-electron chi connectivity index (χ3n) is 5.61. The fourth-order valence-corrected chi connectivity index (χ4v) is 4.89. The second-order valence-electron chi connectivity index (χ2n) is 6.34. The van der Waals surface area contributed by atoms with Crippen molar-refractivity contribution >= 4 is 0 Å². The molecule has 2 aliphatic carbocycles. The second-order valence-corrected chi connectivity index (χ2v) is 6.34. The van der Waals surface area contributed by atoms with E-state index < -0.39 is 0 Å². The predicted molar refractivity (Wildman–Crippen MR) is 66.4 cm³/mol. The molecule has 4 aliphatic rings. The highest BCUT2D eigenvalue weighted by molar-refractivity contribution is 5.41. The molecule has 96 valence electrons. The molecule has 2 bridgehead atoms. The van der Waals surface area contributed by atoms with Crippen LogP contribution in [0.5, 0.6) is 0 Å². The molecule has 0 saturated carbocycles. The van der Waals surface area contributed by atoms with Gasteiger partial charge in [0.25, 0.3) is 0 Å². The van der Waals surface area contributed by atoms with Gasteiger partial charge >= 0.3 is 0 Å². The zero-order valence-corrected chi connectivity index (χ0v) is 10.4. The van der Waals surface area contributed by atoms with Gasteiger partial charge in [0.05, 0.1) is 12.1 Å². The summed E-state index contributed by atoms with van der Waals surface area (Å²) in [6.07, 6.45) is 2.16. The van der Waals surface area contributed by atoms with Crippen molar-refractivity contribution in [3.63, 3.8) is 0 Å². The topological polar surface area (TPSA) is 47.7 Å². The van der Waals surface area contributed by atoms with Crippen LogP contribution in [0.2, 0.25) is 0 Å². The molecule has 2 aliphatic heterocycles. The van der Waals surface area contributed by atoms with Crippen LogP contribution in [0.4, 0.5) is 0 Å². The molecule has 5 heteroatoms. The highest BCUT2D eigenvalue weighted by Crippen LogP contribution is 2.60. The van der Waals surface area contributed by atoms with Crippen molar-refractivity contribution in [3.8, 4) is 0 Å². The molecule has 0 radical (unpaired) electrons. The van der Waals surface area contributed by atoms with Crippen LogP contribution >= 0.6 is 0 Å². The lowest BCUT2D eigenvalue weighted by molar-refractivity contribution is 0.201. The molecule has 0 amide bonds. The molecule has 2 unspecified atom stereocenters. The molecule has 2 aromatic rings. The molecule has 1 aromatic heterocycles. The van der Waals surface area contributed by atoms with Crippen LogP contribution in [0.25, 0.3) is 0 Å². The summed E-state index contributed by atoms with van der Waals surface area (Å²) in [5, 5.41) is 9.18. The van der Waals surface area contributed by atoms with Gasteiger partial charge < -0.3 is 0 Å². The lowest BCUT2D eigenvalue weighted by Gasteiger charge is -2.25. The first-order valence-electron chi connectivity index (χ1n) is 7.17. The van der Waals surface area contributed by atoms with Crippen molar-refractivity contribution in [2.45, 2.75) is 48.8 Å². The van der Waals surface area contributed by atoms with E-state index in [-0.39, 0.29) is 0 Å². The number of benzene rings is 1. The number of rotatable bonds is 0. The van der Waals surface area contributed by atoms with Crippen molar-refractivity contribution in [1.29, 1.82) is 0 Å². The lowest BCUT2D eigenvalue weighted by atomic mass is 9.81. The van der Waals surface area contributed by atoms with Crippen LogP contribution in [0.15, 0.2) is 39.1 Å². The first kappa shape index (κ1) is 9.18. The highest BCUT2D eigenvalue weighted by Gasteiger charge is 2.58. The van der Waals surface area contributed by atoms with Crippen LogP contribution in [0.1, 0.15) is 47.9 Å². The van der Waals surface area contributed by atoms with Gasteiger partial charge in [-0.05, 0) is 24.0 Å². The Morgan fingerprint density at radius 1 is 0.895 bits per heavy atom. The molecule has 0 saturated heterocycles. The van der Waals surface area contributed by atoms with Gasteiger partial charge in [0.1, 0.15) is 12.1 Å². The standard InChI is InChI=1S/C14H14N4O/c1-2-4-8-7(3-1)13-9-5-11-14(8)12(18-17(11)19-18)6-10(13)16-15-9/h1-4,9-14H,5-6H2/t9-,10+,11+,12-,13?,14?,17?,18?. The van der Waals surface area contributed by atoms with E-state index >= 15 is 0 Å². The first-order valence-corrected chi connectivity index (χ1v) is 7.17. The molecule has 5 nitrogen and oxygen atoms in total. The molecular formula is C14H14N4O. The lowest BCUT2D eigenvalue weighted by Crippen LogP contribution is -2.26.